The third kappa shape index (κ3) is 1.32. The maximum absolute atomic E-state index is 2.41. The molecule has 2 bridgehead atoms. The van der Waals surface area contributed by atoms with Gasteiger partial charge in [-0.25, -0.2) is 0 Å². The first kappa shape index (κ1) is 7.64. The fourth-order valence-electron chi connectivity index (χ4n) is 2.87. The topological polar surface area (TPSA) is 0 Å². The van der Waals surface area contributed by atoms with Crippen LogP contribution in [0.4, 0.5) is 0 Å². The third-order valence-electron chi connectivity index (χ3n) is 3.79. The van der Waals surface area contributed by atoms with Crippen LogP contribution in [0.15, 0.2) is 0 Å². The number of fused-ring (bicyclic) bond motifs is 2. The van der Waals surface area contributed by atoms with E-state index in [0.717, 1.165) is 17.8 Å². The van der Waals surface area contributed by atoms with E-state index in [-0.39, 0.29) is 0 Å². The van der Waals surface area contributed by atoms with E-state index in [4.69, 9.17) is 0 Å². The van der Waals surface area contributed by atoms with Crippen molar-refractivity contribution in [3.8, 4) is 0 Å². The largest absolute Gasteiger partial charge is 0.0599 e. The molecule has 0 atom stereocenters. The summed E-state index contributed by atoms with van der Waals surface area (Å²) in [6.07, 6.45) is 6.18. The quantitative estimate of drug-likeness (QED) is 0.498. The zero-order chi connectivity index (χ0) is 8.06. The summed E-state index contributed by atoms with van der Waals surface area (Å²) >= 11 is 0. The van der Waals surface area contributed by atoms with Gasteiger partial charge < -0.3 is 0 Å². The zero-order valence-electron chi connectivity index (χ0n) is 8.06. The van der Waals surface area contributed by atoms with E-state index < -0.39 is 0 Å². The van der Waals surface area contributed by atoms with Gasteiger partial charge in [0.25, 0.3) is 0 Å². The van der Waals surface area contributed by atoms with Crippen molar-refractivity contribution in [2.45, 2.75) is 46.5 Å². The summed E-state index contributed by atoms with van der Waals surface area (Å²) in [7, 11) is 0. The Morgan fingerprint density at radius 2 is 1.27 bits per heavy atom. The molecule has 0 heteroatoms. The Kier molecular flexibility index (Phi) is 1.56. The van der Waals surface area contributed by atoms with Crippen molar-refractivity contribution < 1.29 is 0 Å². The van der Waals surface area contributed by atoms with Gasteiger partial charge in [-0.15, -0.1) is 0 Å². The standard InChI is InChI=1S/C11H20/c1-11(2,3)10-6-8-4-9(5-8)7-10/h8-10H,4-7H2,1-3H3. The maximum atomic E-state index is 2.41. The summed E-state index contributed by atoms with van der Waals surface area (Å²) in [4.78, 5) is 0. The lowest BCUT2D eigenvalue weighted by atomic mass is 9.56. The molecule has 0 N–H and O–H groups in total. The minimum Gasteiger partial charge on any atom is -0.0599 e. The van der Waals surface area contributed by atoms with Gasteiger partial charge in [-0.3, -0.25) is 0 Å². The molecule has 3 aliphatic rings. The van der Waals surface area contributed by atoms with E-state index in [0.29, 0.717) is 5.41 Å². The number of rotatable bonds is 0. The Balaban J connectivity index is 1.97. The first-order valence-electron chi connectivity index (χ1n) is 5.05. The van der Waals surface area contributed by atoms with E-state index in [1.165, 1.54) is 12.8 Å². The number of hydrogen-bond donors (Lipinski definition) is 0. The Bertz CT molecular complexity index is 136. The molecular weight excluding hydrogens is 132 g/mol. The zero-order valence-corrected chi connectivity index (χ0v) is 8.06. The SMILES string of the molecule is CC(C)(C)C1CC2CC(C2)C1. The lowest BCUT2D eigenvalue weighted by Crippen LogP contribution is -2.38. The molecule has 0 aromatic rings. The Morgan fingerprint density at radius 1 is 0.818 bits per heavy atom. The highest BCUT2D eigenvalue weighted by molar-refractivity contribution is 4.92. The predicted molar refractivity (Wildman–Crippen MR) is 48.4 cm³/mol. The highest BCUT2D eigenvalue weighted by atomic mass is 14.5. The van der Waals surface area contributed by atoms with Crippen molar-refractivity contribution in [3.63, 3.8) is 0 Å². The van der Waals surface area contributed by atoms with E-state index in [1.807, 2.05) is 0 Å². The molecule has 0 saturated heterocycles. The van der Waals surface area contributed by atoms with Crippen molar-refractivity contribution in [3.05, 3.63) is 0 Å². The van der Waals surface area contributed by atoms with Crippen molar-refractivity contribution in [1.29, 1.82) is 0 Å². The van der Waals surface area contributed by atoms with Crippen molar-refractivity contribution in [2.75, 3.05) is 0 Å². The summed E-state index contributed by atoms with van der Waals surface area (Å²) in [5.74, 6) is 3.27. The van der Waals surface area contributed by atoms with Gasteiger partial charge in [-0.2, -0.15) is 0 Å². The van der Waals surface area contributed by atoms with Gasteiger partial charge in [-0.1, -0.05) is 20.8 Å². The first-order chi connectivity index (χ1) is 5.05. The van der Waals surface area contributed by atoms with Gasteiger partial charge in [0.2, 0.25) is 0 Å². The summed E-state index contributed by atoms with van der Waals surface area (Å²) in [5.41, 5.74) is 0.581. The van der Waals surface area contributed by atoms with Gasteiger partial charge in [0.05, 0.1) is 0 Å². The van der Waals surface area contributed by atoms with Crippen LogP contribution in [0.25, 0.3) is 0 Å². The van der Waals surface area contributed by atoms with Gasteiger partial charge in [0.1, 0.15) is 0 Å². The van der Waals surface area contributed by atoms with Crippen LogP contribution in [0.5, 0.6) is 0 Å². The minimum atomic E-state index is 0.581. The van der Waals surface area contributed by atoms with Crippen LogP contribution in [0, 0.1) is 23.2 Å². The fourth-order valence-corrected chi connectivity index (χ4v) is 2.87. The molecule has 0 aromatic carbocycles. The van der Waals surface area contributed by atoms with Crippen molar-refractivity contribution >= 4 is 0 Å². The van der Waals surface area contributed by atoms with Crippen LogP contribution in [0.3, 0.4) is 0 Å². The molecule has 3 fully saturated rings. The van der Waals surface area contributed by atoms with E-state index >= 15 is 0 Å². The van der Waals surface area contributed by atoms with E-state index in [1.54, 1.807) is 12.8 Å². The minimum absolute atomic E-state index is 0.581. The average Bonchev–Trinajstić information content (AvgIpc) is 1.84. The van der Waals surface area contributed by atoms with Crippen LogP contribution < -0.4 is 0 Å². The number of hydrogen-bond acceptors (Lipinski definition) is 0. The third-order valence-corrected chi connectivity index (χ3v) is 3.79. The molecule has 3 saturated carbocycles. The molecule has 3 rings (SSSR count). The normalized spacial score (nSPS) is 43.4. The molecule has 0 aromatic heterocycles. The van der Waals surface area contributed by atoms with Crippen LogP contribution in [0.1, 0.15) is 46.5 Å². The van der Waals surface area contributed by atoms with Gasteiger partial charge in [0.15, 0.2) is 0 Å². The predicted octanol–water partition coefficient (Wildman–Crippen LogP) is 3.47. The molecule has 0 aliphatic heterocycles. The molecule has 3 aliphatic carbocycles. The fraction of sp³-hybridized carbons (Fsp3) is 1.00. The van der Waals surface area contributed by atoms with Crippen LogP contribution in [-0.4, -0.2) is 0 Å². The van der Waals surface area contributed by atoms with Gasteiger partial charge in [-0.05, 0) is 48.9 Å². The Labute approximate surface area is 70.4 Å². The van der Waals surface area contributed by atoms with Crippen molar-refractivity contribution in [1.82, 2.24) is 0 Å². The molecule has 0 heterocycles. The van der Waals surface area contributed by atoms with Crippen molar-refractivity contribution in [2.24, 2.45) is 23.2 Å². The lowest BCUT2D eigenvalue weighted by molar-refractivity contribution is 0.0161. The molecule has 11 heavy (non-hydrogen) atoms. The second-order valence-electron chi connectivity index (χ2n) is 5.74. The smallest absolute Gasteiger partial charge is 0.0354 e. The molecule has 0 unspecified atom stereocenters. The average molecular weight is 152 g/mol. The molecule has 0 amide bonds. The Morgan fingerprint density at radius 3 is 1.55 bits per heavy atom. The summed E-state index contributed by atoms with van der Waals surface area (Å²) < 4.78 is 0. The lowest BCUT2D eigenvalue weighted by Gasteiger charge is -2.49. The van der Waals surface area contributed by atoms with Gasteiger partial charge >= 0.3 is 0 Å². The van der Waals surface area contributed by atoms with Crippen LogP contribution in [0.2, 0.25) is 0 Å². The molecular formula is C11H20. The van der Waals surface area contributed by atoms with E-state index in [9.17, 15) is 0 Å². The molecule has 64 valence electrons. The van der Waals surface area contributed by atoms with Crippen LogP contribution in [-0.2, 0) is 0 Å². The summed E-state index contributed by atoms with van der Waals surface area (Å²) in [6, 6.07) is 0. The monoisotopic (exact) mass is 152 g/mol. The molecule has 0 radical (unpaired) electrons. The molecule has 0 spiro atoms. The van der Waals surface area contributed by atoms with Crippen LogP contribution >= 0.6 is 0 Å². The Hall–Kier alpha value is 0. The molecule has 0 nitrogen and oxygen atoms in total. The van der Waals surface area contributed by atoms with E-state index in [2.05, 4.69) is 20.8 Å². The maximum Gasteiger partial charge on any atom is -0.0354 e. The van der Waals surface area contributed by atoms with Gasteiger partial charge in [0, 0.05) is 0 Å². The first-order valence-corrected chi connectivity index (χ1v) is 5.05. The highest BCUT2D eigenvalue weighted by Gasteiger charge is 2.41. The highest BCUT2D eigenvalue weighted by Crippen LogP contribution is 2.52. The second kappa shape index (κ2) is 2.24. The second-order valence-corrected chi connectivity index (χ2v) is 5.74. The summed E-state index contributed by atoms with van der Waals surface area (Å²) in [5, 5.41) is 0. The summed E-state index contributed by atoms with van der Waals surface area (Å²) in [6.45, 7) is 7.22.